The van der Waals surface area contributed by atoms with E-state index < -0.39 is 18.0 Å². The zero-order valence-electron chi connectivity index (χ0n) is 15.0. The Morgan fingerprint density at radius 2 is 2.04 bits per heavy atom. The van der Waals surface area contributed by atoms with Crippen LogP contribution in [0.1, 0.15) is 12.5 Å². The second-order valence-corrected chi connectivity index (χ2v) is 6.01. The van der Waals surface area contributed by atoms with E-state index in [-0.39, 0.29) is 12.1 Å². The quantitative estimate of drug-likeness (QED) is 0.680. The second-order valence-electron chi connectivity index (χ2n) is 6.01. The normalized spacial score (nSPS) is 11.4. The third kappa shape index (κ3) is 4.22. The first-order valence-corrected chi connectivity index (χ1v) is 8.42. The summed E-state index contributed by atoms with van der Waals surface area (Å²) in [7, 11) is 0. The maximum Gasteiger partial charge on any atom is 0.326 e. The molecule has 1 N–H and O–H groups in total. The number of benzene rings is 2. The molecular formula is C20H16N4O4. The number of amides is 1. The smallest absolute Gasteiger partial charge is 0.326 e. The van der Waals surface area contributed by atoms with Gasteiger partial charge in [0.1, 0.15) is 6.54 Å². The molecule has 1 amide bonds. The third-order valence-electron chi connectivity index (χ3n) is 3.97. The molecule has 0 aliphatic carbocycles. The number of hydrogen-bond acceptors (Lipinski definition) is 6. The Bertz CT molecular complexity index is 1150. The van der Waals surface area contributed by atoms with Crippen LogP contribution in [0.3, 0.4) is 0 Å². The van der Waals surface area contributed by atoms with E-state index in [0.717, 1.165) is 4.57 Å². The fourth-order valence-electron chi connectivity index (χ4n) is 2.56. The topological polar surface area (TPSA) is 114 Å². The van der Waals surface area contributed by atoms with Gasteiger partial charge in [0.25, 0.3) is 11.5 Å². The largest absolute Gasteiger partial charge is 0.451 e. The number of carbonyl (C=O) groups is 2. The molecule has 1 heterocycles. The SMILES string of the molecule is C[C@@H](OC(=O)Cn1cnc2ccccc2c1=O)C(=O)Nc1cccc(C#N)c1. The predicted molar refractivity (Wildman–Crippen MR) is 101 cm³/mol. The van der Waals surface area contributed by atoms with Crippen molar-refractivity contribution in [2.24, 2.45) is 0 Å². The number of nitrogens with zero attached hydrogens (tertiary/aromatic N) is 3. The molecule has 1 aromatic heterocycles. The lowest BCUT2D eigenvalue weighted by Gasteiger charge is -2.14. The van der Waals surface area contributed by atoms with Gasteiger partial charge >= 0.3 is 5.97 Å². The fraction of sp³-hybridized carbons (Fsp3) is 0.150. The van der Waals surface area contributed by atoms with Gasteiger partial charge in [-0.25, -0.2) is 4.98 Å². The van der Waals surface area contributed by atoms with Crippen molar-refractivity contribution in [2.45, 2.75) is 19.6 Å². The van der Waals surface area contributed by atoms with E-state index in [1.807, 2.05) is 6.07 Å². The van der Waals surface area contributed by atoms with Gasteiger partial charge in [-0.15, -0.1) is 0 Å². The summed E-state index contributed by atoms with van der Waals surface area (Å²) in [6.07, 6.45) is 0.187. The number of aromatic nitrogens is 2. The zero-order valence-corrected chi connectivity index (χ0v) is 15.0. The first-order valence-electron chi connectivity index (χ1n) is 8.42. The Morgan fingerprint density at radius 1 is 1.25 bits per heavy atom. The second kappa shape index (κ2) is 8.14. The van der Waals surface area contributed by atoms with Crippen LogP contribution in [0, 0.1) is 11.3 Å². The van der Waals surface area contributed by atoms with E-state index >= 15 is 0 Å². The van der Waals surface area contributed by atoms with Crippen LogP contribution in [-0.2, 0) is 20.9 Å². The number of nitrogens with one attached hydrogen (secondary N) is 1. The third-order valence-corrected chi connectivity index (χ3v) is 3.97. The van der Waals surface area contributed by atoms with Gasteiger partial charge in [-0.1, -0.05) is 18.2 Å². The summed E-state index contributed by atoms with van der Waals surface area (Å²) in [5.74, 6) is -1.29. The molecule has 0 spiro atoms. The highest BCUT2D eigenvalue weighted by atomic mass is 16.5. The molecule has 0 bridgehead atoms. The highest BCUT2D eigenvalue weighted by molar-refractivity contribution is 5.95. The van der Waals surface area contributed by atoms with E-state index in [1.54, 1.807) is 42.5 Å². The fourth-order valence-corrected chi connectivity index (χ4v) is 2.56. The van der Waals surface area contributed by atoms with Crippen LogP contribution in [0.15, 0.2) is 59.7 Å². The van der Waals surface area contributed by atoms with Crippen molar-refractivity contribution in [2.75, 3.05) is 5.32 Å². The van der Waals surface area contributed by atoms with E-state index in [0.29, 0.717) is 22.2 Å². The Balaban J connectivity index is 1.64. The zero-order chi connectivity index (χ0) is 20.1. The van der Waals surface area contributed by atoms with Crippen molar-refractivity contribution in [1.82, 2.24) is 9.55 Å². The van der Waals surface area contributed by atoms with E-state index in [9.17, 15) is 14.4 Å². The molecule has 140 valence electrons. The molecule has 8 heteroatoms. The maximum atomic E-state index is 12.4. The molecule has 3 rings (SSSR count). The Labute approximate surface area is 160 Å². The number of fused-ring (bicyclic) bond motifs is 1. The lowest BCUT2D eigenvalue weighted by molar-refractivity contribution is -0.153. The summed E-state index contributed by atoms with van der Waals surface area (Å²) in [5.41, 5.74) is 0.977. The van der Waals surface area contributed by atoms with Gasteiger partial charge in [-0.05, 0) is 37.3 Å². The molecular weight excluding hydrogens is 360 g/mol. The monoisotopic (exact) mass is 376 g/mol. The number of esters is 1. The first kappa shape index (κ1) is 18.8. The summed E-state index contributed by atoms with van der Waals surface area (Å²) < 4.78 is 6.24. The van der Waals surface area contributed by atoms with Crippen LogP contribution in [0.2, 0.25) is 0 Å². The van der Waals surface area contributed by atoms with Gasteiger partial charge in [0.15, 0.2) is 6.10 Å². The molecule has 0 unspecified atom stereocenters. The number of nitriles is 1. The number of rotatable bonds is 5. The van der Waals surface area contributed by atoms with E-state index in [4.69, 9.17) is 10.00 Å². The Kier molecular flexibility index (Phi) is 5.46. The molecule has 0 saturated heterocycles. The minimum absolute atomic E-state index is 0.363. The highest BCUT2D eigenvalue weighted by Crippen LogP contribution is 2.11. The van der Waals surface area contributed by atoms with Crippen LogP contribution >= 0.6 is 0 Å². The van der Waals surface area contributed by atoms with Gasteiger partial charge in [-0.3, -0.25) is 19.0 Å². The summed E-state index contributed by atoms with van der Waals surface area (Å²) >= 11 is 0. The summed E-state index contributed by atoms with van der Waals surface area (Å²) in [5, 5.41) is 11.9. The van der Waals surface area contributed by atoms with Crippen molar-refractivity contribution in [3.05, 3.63) is 70.8 Å². The van der Waals surface area contributed by atoms with Crippen molar-refractivity contribution in [3.8, 4) is 6.07 Å². The number of para-hydroxylation sites is 1. The number of anilines is 1. The van der Waals surface area contributed by atoms with Crippen LogP contribution < -0.4 is 10.9 Å². The van der Waals surface area contributed by atoms with E-state index in [2.05, 4.69) is 10.3 Å². The average Bonchev–Trinajstić information content (AvgIpc) is 2.70. The van der Waals surface area contributed by atoms with Gasteiger partial charge < -0.3 is 10.1 Å². The molecule has 0 aliphatic rings. The number of carbonyl (C=O) groups excluding carboxylic acids is 2. The summed E-state index contributed by atoms with van der Waals surface area (Å²) in [4.78, 5) is 40.9. The molecule has 3 aromatic rings. The number of ether oxygens (including phenoxy) is 1. The van der Waals surface area contributed by atoms with Crippen LogP contribution in [0.25, 0.3) is 10.9 Å². The van der Waals surface area contributed by atoms with Crippen molar-refractivity contribution in [1.29, 1.82) is 5.26 Å². The van der Waals surface area contributed by atoms with Gasteiger partial charge in [-0.2, -0.15) is 5.26 Å². The molecule has 0 radical (unpaired) electrons. The standard InChI is InChI=1S/C20H16N4O4/c1-13(19(26)23-15-6-4-5-14(9-15)10-21)28-18(25)11-24-12-22-17-8-3-2-7-16(17)20(24)27/h2-9,12-13H,11H2,1H3,(H,23,26)/t13-/m1/s1. The Morgan fingerprint density at radius 3 is 2.82 bits per heavy atom. The molecule has 0 saturated carbocycles. The van der Waals surface area contributed by atoms with Crippen LogP contribution in [0.4, 0.5) is 5.69 Å². The molecule has 8 nitrogen and oxygen atoms in total. The lowest BCUT2D eigenvalue weighted by atomic mass is 10.2. The lowest BCUT2D eigenvalue weighted by Crippen LogP contribution is -2.33. The molecule has 1 atom stereocenters. The molecule has 0 fully saturated rings. The predicted octanol–water partition coefficient (Wildman–Crippen LogP) is 1.84. The summed E-state index contributed by atoms with van der Waals surface area (Å²) in [6, 6.07) is 15.1. The van der Waals surface area contributed by atoms with Gasteiger partial charge in [0, 0.05) is 5.69 Å². The molecule has 2 aromatic carbocycles. The van der Waals surface area contributed by atoms with Crippen LogP contribution in [0.5, 0.6) is 0 Å². The number of hydrogen-bond donors (Lipinski definition) is 1. The van der Waals surface area contributed by atoms with Crippen molar-refractivity contribution in [3.63, 3.8) is 0 Å². The summed E-state index contributed by atoms with van der Waals surface area (Å²) in [6.45, 7) is 1.06. The van der Waals surface area contributed by atoms with Gasteiger partial charge in [0.2, 0.25) is 0 Å². The van der Waals surface area contributed by atoms with E-state index in [1.165, 1.54) is 19.3 Å². The average molecular weight is 376 g/mol. The minimum Gasteiger partial charge on any atom is -0.451 e. The Hall–Kier alpha value is -3.99. The van der Waals surface area contributed by atoms with Gasteiger partial charge in [0.05, 0.1) is 28.9 Å². The first-order chi connectivity index (χ1) is 13.5. The minimum atomic E-state index is -1.08. The maximum absolute atomic E-state index is 12.4. The molecule has 28 heavy (non-hydrogen) atoms. The molecule has 0 aliphatic heterocycles. The van der Waals surface area contributed by atoms with Crippen LogP contribution in [-0.4, -0.2) is 27.5 Å². The van der Waals surface area contributed by atoms with Crippen molar-refractivity contribution < 1.29 is 14.3 Å². The highest BCUT2D eigenvalue weighted by Gasteiger charge is 2.19. The van der Waals surface area contributed by atoms with Crippen molar-refractivity contribution >= 4 is 28.5 Å².